The zero-order chi connectivity index (χ0) is 19.7. The molecule has 0 fully saturated rings. The van der Waals surface area contributed by atoms with E-state index in [9.17, 15) is 14.7 Å². The topological polar surface area (TPSA) is 105 Å². The average Bonchev–Trinajstić information content (AvgIpc) is 3.14. The molecule has 3 aromatic rings. The van der Waals surface area contributed by atoms with Crippen molar-refractivity contribution in [3.8, 4) is 11.3 Å². The van der Waals surface area contributed by atoms with Gasteiger partial charge >= 0.3 is 5.97 Å². The van der Waals surface area contributed by atoms with Crippen LogP contribution in [0.2, 0.25) is 0 Å². The quantitative estimate of drug-likeness (QED) is 0.680. The lowest BCUT2D eigenvalue weighted by atomic mass is 9.89. The molecule has 0 unspecified atom stereocenters. The fraction of sp³-hybridized carbons (Fsp3) is 0.143. The Hall–Kier alpha value is -3.74. The average molecular weight is 375 g/mol. The first-order valence-electron chi connectivity index (χ1n) is 8.76. The zero-order valence-corrected chi connectivity index (χ0v) is 15.1. The van der Waals surface area contributed by atoms with Gasteiger partial charge in [-0.1, -0.05) is 35.5 Å². The van der Waals surface area contributed by atoms with Gasteiger partial charge in [-0.3, -0.25) is 9.79 Å². The van der Waals surface area contributed by atoms with Crippen molar-refractivity contribution in [1.82, 2.24) is 5.16 Å². The van der Waals surface area contributed by atoms with Crippen molar-refractivity contribution in [2.45, 2.75) is 12.8 Å². The number of hydrogen-bond acceptors (Lipinski definition) is 5. The van der Waals surface area contributed by atoms with Gasteiger partial charge in [0.2, 0.25) is 0 Å². The van der Waals surface area contributed by atoms with Gasteiger partial charge in [0.15, 0.2) is 11.5 Å². The molecule has 1 aliphatic rings. The summed E-state index contributed by atoms with van der Waals surface area (Å²) in [4.78, 5) is 28.3. The summed E-state index contributed by atoms with van der Waals surface area (Å²) in [6.45, 7) is 0. The first-order valence-corrected chi connectivity index (χ1v) is 8.76. The molecule has 0 atom stereocenters. The summed E-state index contributed by atoms with van der Waals surface area (Å²) in [7, 11) is 1.60. The number of carbonyl (C=O) groups excluding carboxylic acids is 1. The van der Waals surface area contributed by atoms with Gasteiger partial charge in [-0.2, -0.15) is 0 Å². The van der Waals surface area contributed by atoms with E-state index in [0.717, 1.165) is 23.1 Å². The van der Waals surface area contributed by atoms with Crippen LogP contribution in [0.25, 0.3) is 11.3 Å². The molecule has 0 saturated carbocycles. The molecular weight excluding hydrogens is 358 g/mol. The van der Waals surface area contributed by atoms with Crippen molar-refractivity contribution in [1.29, 1.82) is 0 Å². The standard InChI is InChI=1S/C21H17N3O4/c1-22-11-12-6-9-17(16(10-12)21(26)27)23-20(25)18-15-8-7-13-4-2-3-5-14(13)19(15)28-24-18/h2-6,9-11H,7-8H2,1H3,(H,23,25)(H,26,27). The molecule has 0 spiro atoms. The number of rotatable bonds is 4. The molecule has 1 amide bonds. The maximum Gasteiger partial charge on any atom is 0.337 e. The highest BCUT2D eigenvalue weighted by Gasteiger charge is 2.28. The Labute approximate surface area is 160 Å². The van der Waals surface area contributed by atoms with E-state index in [4.69, 9.17) is 4.52 Å². The van der Waals surface area contributed by atoms with E-state index in [1.54, 1.807) is 25.4 Å². The lowest BCUT2D eigenvalue weighted by Crippen LogP contribution is -2.18. The molecule has 2 N–H and O–H groups in total. The van der Waals surface area contributed by atoms with Gasteiger partial charge < -0.3 is 14.9 Å². The van der Waals surface area contributed by atoms with Crippen LogP contribution >= 0.6 is 0 Å². The number of benzene rings is 2. The number of fused-ring (bicyclic) bond motifs is 3. The molecule has 1 heterocycles. The van der Waals surface area contributed by atoms with Crippen LogP contribution in [-0.4, -0.2) is 35.4 Å². The lowest BCUT2D eigenvalue weighted by molar-refractivity contribution is 0.0698. The van der Waals surface area contributed by atoms with Gasteiger partial charge in [-0.05, 0) is 36.1 Å². The molecule has 0 aliphatic heterocycles. The second-order valence-electron chi connectivity index (χ2n) is 6.45. The van der Waals surface area contributed by atoms with Crippen molar-refractivity contribution >= 4 is 23.8 Å². The third-order valence-electron chi connectivity index (χ3n) is 4.71. The molecule has 7 nitrogen and oxygen atoms in total. The van der Waals surface area contributed by atoms with Gasteiger partial charge in [0.1, 0.15) is 0 Å². The number of anilines is 1. The fourth-order valence-electron chi connectivity index (χ4n) is 3.41. The summed E-state index contributed by atoms with van der Waals surface area (Å²) < 4.78 is 5.46. The Morgan fingerprint density at radius 1 is 1.21 bits per heavy atom. The minimum Gasteiger partial charge on any atom is -0.478 e. The third-order valence-corrected chi connectivity index (χ3v) is 4.71. The largest absolute Gasteiger partial charge is 0.478 e. The number of nitrogens with one attached hydrogen (secondary N) is 1. The highest BCUT2D eigenvalue weighted by molar-refractivity contribution is 6.08. The van der Waals surface area contributed by atoms with E-state index in [1.165, 1.54) is 6.07 Å². The fourth-order valence-corrected chi connectivity index (χ4v) is 3.41. The predicted octanol–water partition coefficient (Wildman–Crippen LogP) is 3.44. The van der Waals surface area contributed by atoms with Gasteiger partial charge in [0.05, 0.1) is 11.3 Å². The molecular formula is C21H17N3O4. The van der Waals surface area contributed by atoms with Crippen molar-refractivity contribution in [2.75, 3.05) is 12.4 Å². The van der Waals surface area contributed by atoms with Gasteiger partial charge in [-0.15, -0.1) is 0 Å². The summed E-state index contributed by atoms with van der Waals surface area (Å²) >= 11 is 0. The molecule has 7 heteroatoms. The van der Waals surface area contributed by atoms with Crippen molar-refractivity contribution in [2.24, 2.45) is 4.99 Å². The Bertz CT molecular complexity index is 1110. The summed E-state index contributed by atoms with van der Waals surface area (Å²) in [5, 5.41) is 16.1. The normalized spacial score (nSPS) is 12.5. The summed E-state index contributed by atoms with van der Waals surface area (Å²) in [6, 6.07) is 12.5. The molecule has 0 saturated heterocycles. The number of aromatic nitrogens is 1. The number of amides is 1. The number of carboxylic acid groups (broad SMARTS) is 1. The zero-order valence-electron chi connectivity index (χ0n) is 15.1. The van der Waals surface area contributed by atoms with E-state index < -0.39 is 11.9 Å². The maximum absolute atomic E-state index is 12.8. The van der Waals surface area contributed by atoms with Gasteiger partial charge in [0, 0.05) is 24.4 Å². The second-order valence-corrected chi connectivity index (χ2v) is 6.45. The molecule has 1 aliphatic carbocycles. The molecule has 4 rings (SSSR count). The Balaban J connectivity index is 1.66. The Morgan fingerprint density at radius 3 is 2.82 bits per heavy atom. The number of aliphatic imine (C=N–C) groups is 1. The Morgan fingerprint density at radius 2 is 2.04 bits per heavy atom. The highest BCUT2D eigenvalue weighted by Crippen LogP contribution is 2.35. The van der Waals surface area contributed by atoms with E-state index in [0.29, 0.717) is 17.7 Å². The van der Waals surface area contributed by atoms with E-state index in [1.807, 2.05) is 24.3 Å². The second kappa shape index (κ2) is 7.11. The van der Waals surface area contributed by atoms with Crippen LogP contribution in [0.4, 0.5) is 5.69 Å². The van der Waals surface area contributed by atoms with Crippen molar-refractivity contribution in [3.05, 3.63) is 70.4 Å². The lowest BCUT2D eigenvalue weighted by Gasteiger charge is -2.14. The first-order chi connectivity index (χ1) is 13.6. The molecule has 28 heavy (non-hydrogen) atoms. The number of hydrogen-bond donors (Lipinski definition) is 2. The SMILES string of the molecule is CN=Cc1ccc(NC(=O)c2noc3c2CCc2ccccc2-3)c(C(=O)O)c1. The number of carbonyl (C=O) groups is 2. The minimum atomic E-state index is -1.14. The van der Waals surface area contributed by atoms with Crippen LogP contribution in [0.3, 0.4) is 0 Å². The van der Waals surface area contributed by atoms with E-state index >= 15 is 0 Å². The van der Waals surface area contributed by atoms with Crippen LogP contribution < -0.4 is 5.32 Å². The predicted molar refractivity (Wildman–Crippen MR) is 104 cm³/mol. The highest BCUT2D eigenvalue weighted by atomic mass is 16.5. The first kappa shape index (κ1) is 17.7. The molecule has 140 valence electrons. The van der Waals surface area contributed by atoms with Crippen LogP contribution in [-0.2, 0) is 12.8 Å². The monoisotopic (exact) mass is 375 g/mol. The van der Waals surface area contributed by atoms with Crippen LogP contribution in [0.1, 0.15) is 37.5 Å². The number of aryl methyl sites for hydroxylation is 1. The van der Waals surface area contributed by atoms with Gasteiger partial charge in [0.25, 0.3) is 5.91 Å². The summed E-state index contributed by atoms with van der Waals surface area (Å²) in [5.74, 6) is -1.04. The smallest absolute Gasteiger partial charge is 0.337 e. The summed E-state index contributed by atoms with van der Waals surface area (Å²) in [6.07, 6.45) is 2.97. The number of nitrogens with zero attached hydrogens (tertiary/aromatic N) is 2. The van der Waals surface area contributed by atoms with Crippen molar-refractivity contribution in [3.63, 3.8) is 0 Å². The molecule has 1 aromatic heterocycles. The van der Waals surface area contributed by atoms with Crippen LogP contribution in [0.5, 0.6) is 0 Å². The molecule has 0 bridgehead atoms. The van der Waals surface area contributed by atoms with Crippen molar-refractivity contribution < 1.29 is 19.2 Å². The molecule has 2 aromatic carbocycles. The van der Waals surface area contributed by atoms with E-state index in [-0.39, 0.29) is 16.9 Å². The minimum absolute atomic E-state index is 0.0199. The molecule has 0 radical (unpaired) electrons. The summed E-state index contributed by atoms with van der Waals surface area (Å²) in [5.41, 5.74) is 3.81. The third kappa shape index (κ3) is 3.07. The van der Waals surface area contributed by atoms with E-state index in [2.05, 4.69) is 15.5 Å². The Kier molecular flexibility index (Phi) is 4.49. The number of aromatic carboxylic acids is 1. The van der Waals surface area contributed by atoms with Gasteiger partial charge in [-0.25, -0.2) is 4.79 Å². The maximum atomic E-state index is 12.8. The van der Waals surface area contributed by atoms with Crippen LogP contribution in [0.15, 0.2) is 52.0 Å². The van der Waals surface area contributed by atoms with Crippen LogP contribution in [0, 0.1) is 0 Å². The number of carboxylic acids is 1.